The molecule has 2 aromatic heterocycles. The number of nitrogens with zero attached hydrogens (tertiary/aromatic N) is 3. The first-order chi connectivity index (χ1) is 9.86. The van der Waals surface area contributed by atoms with Crippen LogP contribution in [0.15, 0.2) is 48.8 Å². The highest BCUT2D eigenvalue weighted by molar-refractivity contribution is 5.81. The first-order valence-corrected chi connectivity index (χ1v) is 6.79. The molecule has 100 valence electrons. The smallest absolute Gasteiger partial charge is 0.130 e. The third kappa shape index (κ3) is 2.59. The predicted octanol–water partition coefficient (Wildman–Crippen LogP) is 3.51. The second kappa shape index (κ2) is 5.65. The minimum Gasteiger partial charge on any atom is -0.370 e. The zero-order valence-electron chi connectivity index (χ0n) is 11.4. The lowest BCUT2D eigenvalue weighted by molar-refractivity contribution is 0.965. The molecule has 0 aliphatic rings. The van der Waals surface area contributed by atoms with Gasteiger partial charge in [0.1, 0.15) is 12.1 Å². The number of anilines is 1. The van der Waals surface area contributed by atoms with Crippen molar-refractivity contribution in [3.63, 3.8) is 0 Å². The molecule has 3 rings (SSSR count). The van der Waals surface area contributed by atoms with Crippen molar-refractivity contribution in [2.75, 3.05) is 11.9 Å². The highest BCUT2D eigenvalue weighted by Gasteiger charge is 2.04. The van der Waals surface area contributed by atoms with Crippen LogP contribution in [0.2, 0.25) is 0 Å². The van der Waals surface area contributed by atoms with E-state index in [0.717, 1.165) is 41.1 Å². The Balaban J connectivity index is 1.97. The van der Waals surface area contributed by atoms with E-state index >= 15 is 0 Å². The van der Waals surface area contributed by atoms with Gasteiger partial charge in [0.2, 0.25) is 0 Å². The summed E-state index contributed by atoms with van der Waals surface area (Å²) in [5.74, 6) is 0.840. The van der Waals surface area contributed by atoms with Gasteiger partial charge in [-0.1, -0.05) is 31.2 Å². The van der Waals surface area contributed by atoms with Crippen LogP contribution in [0.4, 0.5) is 5.82 Å². The van der Waals surface area contributed by atoms with Gasteiger partial charge in [-0.25, -0.2) is 15.0 Å². The lowest BCUT2D eigenvalue weighted by Crippen LogP contribution is -2.02. The number of aromatic nitrogens is 3. The average molecular weight is 264 g/mol. The van der Waals surface area contributed by atoms with Gasteiger partial charge in [0.15, 0.2) is 0 Å². The van der Waals surface area contributed by atoms with E-state index in [0.29, 0.717) is 0 Å². The molecule has 0 unspecified atom stereocenters. The minimum atomic E-state index is 0.837. The van der Waals surface area contributed by atoms with Gasteiger partial charge in [-0.2, -0.15) is 0 Å². The standard InChI is InChI=1S/C16H16N4/c1-2-9-17-16-10-15(18-11-19-16)14-8-7-12-5-3-4-6-13(12)20-14/h3-8,10-11H,2,9H2,1H3,(H,17,18,19). The third-order valence-corrected chi connectivity index (χ3v) is 3.08. The zero-order chi connectivity index (χ0) is 13.8. The fourth-order valence-electron chi connectivity index (χ4n) is 2.06. The van der Waals surface area contributed by atoms with Gasteiger partial charge in [-0.05, 0) is 18.6 Å². The summed E-state index contributed by atoms with van der Waals surface area (Å²) in [5.41, 5.74) is 2.68. The molecular formula is C16H16N4. The van der Waals surface area contributed by atoms with Crippen molar-refractivity contribution in [3.05, 3.63) is 48.8 Å². The summed E-state index contributed by atoms with van der Waals surface area (Å²) in [6, 6.07) is 14.1. The number of fused-ring (bicyclic) bond motifs is 1. The van der Waals surface area contributed by atoms with E-state index in [9.17, 15) is 0 Å². The average Bonchev–Trinajstić information content (AvgIpc) is 2.53. The molecule has 0 bridgehead atoms. The van der Waals surface area contributed by atoms with Crippen molar-refractivity contribution in [3.8, 4) is 11.4 Å². The summed E-state index contributed by atoms with van der Waals surface area (Å²) in [7, 11) is 0. The van der Waals surface area contributed by atoms with Gasteiger partial charge in [-0.3, -0.25) is 0 Å². The van der Waals surface area contributed by atoms with Crippen molar-refractivity contribution in [2.45, 2.75) is 13.3 Å². The summed E-state index contributed by atoms with van der Waals surface area (Å²) < 4.78 is 0. The Morgan fingerprint density at radius 2 is 1.90 bits per heavy atom. The fourth-order valence-corrected chi connectivity index (χ4v) is 2.06. The molecule has 0 saturated carbocycles. The molecule has 3 aromatic rings. The first kappa shape index (κ1) is 12.5. The molecule has 20 heavy (non-hydrogen) atoms. The van der Waals surface area contributed by atoms with Gasteiger partial charge in [0.05, 0.1) is 16.9 Å². The Morgan fingerprint density at radius 1 is 1.00 bits per heavy atom. The quantitative estimate of drug-likeness (QED) is 0.783. The van der Waals surface area contributed by atoms with Crippen molar-refractivity contribution in [2.24, 2.45) is 0 Å². The molecule has 0 aliphatic heterocycles. The number of para-hydroxylation sites is 1. The Morgan fingerprint density at radius 3 is 2.80 bits per heavy atom. The van der Waals surface area contributed by atoms with Crippen molar-refractivity contribution < 1.29 is 0 Å². The number of rotatable bonds is 4. The molecule has 4 nitrogen and oxygen atoms in total. The van der Waals surface area contributed by atoms with E-state index in [1.165, 1.54) is 0 Å². The molecule has 0 amide bonds. The predicted molar refractivity (Wildman–Crippen MR) is 81.5 cm³/mol. The summed E-state index contributed by atoms with van der Waals surface area (Å²) >= 11 is 0. The topological polar surface area (TPSA) is 50.7 Å². The number of nitrogens with one attached hydrogen (secondary N) is 1. The SMILES string of the molecule is CCCNc1cc(-c2ccc3ccccc3n2)ncn1. The summed E-state index contributed by atoms with van der Waals surface area (Å²) in [6.45, 7) is 3.03. The Kier molecular flexibility index (Phi) is 3.54. The van der Waals surface area contributed by atoms with E-state index in [4.69, 9.17) is 0 Å². The number of hydrogen-bond acceptors (Lipinski definition) is 4. The lowest BCUT2D eigenvalue weighted by atomic mass is 10.2. The fraction of sp³-hybridized carbons (Fsp3) is 0.188. The normalized spacial score (nSPS) is 10.7. The second-order valence-electron chi connectivity index (χ2n) is 4.60. The first-order valence-electron chi connectivity index (χ1n) is 6.79. The largest absolute Gasteiger partial charge is 0.370 e. The molecule has 0 spiro atoms. The van der Waals surface area contributed by atoms with E-state index in [1.807, 2.05) is 30.3 Å². The molecule has 0 saturated heterocycles. The van der Waals surface area contributed by atoms with Crippen LogP contribution in [0.5, 0.6) is 0 Å². The van der Waals surface area contributed by atoms with Crippen molar-refractivity contribution in [1.82, 2.24) is 15.0 Å². The molecule has 4 heteroatoms. The number of pyridine rings is 1. The number of hydrogen-bond donors (Lipinski definition) is 1. The van der Waals surface area contributed by atoms with Crippen molar-refractivity contribution >= 4 is 16.7 Å². The van der Waals surface area contributed by atoms with Crippen LogP contribution in [-0.4, -0.2) is 21.5 Å². The van der Waals surface area contributed by atoms with Gasteiger partial charge in [0, 0.05) is 18.0 Å². The van der Waals surface area contributed by atoms with E-state index in [-0.39, 0.29) is 0 Å². The maximum Gasteiger partial charge on any atom is 0.130 e. The van der Waals surface area contributed by atoms with E-state index < -0.39 is 0 Å². The van der Waals surface area contributed by atoms with E-state index in [2.05, 4.69) is 39.3 Å². The summed E-state index contributed by atoms with van der Waals surface area (Å²) in [6.07, 6.45) is 2.64. The van der Waals surface area contributed by atoms with E-state index in [1.54, 1.807) is 6.33 Å². The Bertz CT molecular complexity index is 724. The van der Waals surface area contributed by atoms with Gasteiger partial charge < -0.3 is 5.32 Å². The highest BCUT2D eigenvalue weighted by atomic mass is 15.0. The Hall–Kier alpha value is -2.49. The van der Waals surface area contributed by atoms with Crippen LogP contribution in [0.3, 0.4) is 0 Å². The molecule has 0 atom stereocenters. The second-order valence-corrected chi connectivity index (χ2v) is 4.60. The third-order valence-electron chi connectivity index (χ3n) is 3.08. The minimum absolute atomic E-state index is 0.837. The van der Waals surface area contributed by atoms with Crippen LogP contribution in [0, 0.1) is 0 Å². The van der Waals surface area contributed by atoms with Crippen LogP contribution in [0.1, 0.15) is 13.3 Å². The molecule has 0 fully saturated rings. The zero-order valence-corrected chi connectivity index (χ0v) is 11.4. The summed E-state index contributed by atoms with van der Waals surface area (Å²) in [5, 5.41) is 4.40. The summed E-state index contributed by atoms with van der Waals surface area (Å²) in [4.78, 5) is 13.2. The van der Waals surface area contributed by atoms with Gasteiger partial charge in [0.25, 0.3) is 0 Å². The maximum absolute atomic E-state index is 4.65. The monoisotopic (exact) mass is 264 g/mol. The van der Waals surface area contributed by atoms with Gasteiger partial charge >= 0.3 is 0 Å². The molecule has 0 radical (unpaired) electrons. The van der Waals surface area contributed by atoms with Crippen LogP contribution in [-0.2, 0) is 0 Å². The van der Waals surface area contributed by atoms with Crippen LogP contribution in [0.25, 0.3) is 22.3 Å². The van der Waals surface area contributed by atoms with Gasteiger partial charge in [-0.15, -0.1) is 0 Å². The number of benzene rings is 1. The molecular weight excluding hydrogens is 248 g/mol. The molecule has 0 aliphatic carbocycles. The Labute approximate surface area is 117 Å². The molecule has 1 N–H and O–H groups in total. The van der Waals surface area contributed by atoms with Crippen LogP contribution >= 0.6 is 0 Å². The van der Waals surface area contributed by atoms with Crippen molar-refractivity contribution in [1.29, 1.82) is 0 Å². The maximum atomic E-state index is 4.65. The molecule has 1 aromatic carbocycles. The molecule has 2 heterocycles. The highest BCUT2D eigenvalue weighted by Crippen LogP contribution is 2.20. The lowest BCUT2D eigenvalue weighted by Gasteiger charge is -2.06. The van der Waals surface area contributed by atoms with Crippen LogP contribution < -0.4 is 5.32 Å².